The maximum absolute atomic E-state index is 12.9. The van der Waals surface area contributed by atoms with Gasteiger partial charge in [0.05, 0.1) is 16.2 Å². The highest BCUT2D eigenvalue weighted by Gasteiger charge is 2.40. The molecule has 1 aliphatic rings. The van der Waals surface area contributed by atoms with Gasteiger partial charge in [-0.05, 0) is 53.1 Å². The van der Waals surface area contributed by atoms with E-state index in [9.17, 15) is 14.7 Å². The Balaban J connectivity index is 2.37. The molecule has 0 unspecified atom stereocenters. The van der Waals surface area contributed by atoms with Crippen molar-refractivity contribution < 1.29 is 29.3 Å². The third-order valence-electron chi connectivity index (χ3n) is 5.25. The number of ether oxygens (including phenoxy) is 2. The van der Waals surface area contributed by atoms with Gasteiger partial charge in [0.15, 0.2) is 0 Å². The number of carbonyl (C=O) groups excluding carboxylic acids is 2. The predicted molar refractivity (Wildman–Crippen MR) is 129 cm³/mol. The zero-order valence-electron chi connectivity index (χ0n) is 18.8. The van der Waals surface area contributed by atoms with Crippen LogP contribution in [-0.2, 0) is 14.3 Å². The minimum atomic E-state index is -1.03. The lowest BCUT2D eigenvalue weighted by atomic mass is 9.87. The number of nitrogens with zero attached hydrogens (tertiary/aromatic N) is 1. The van der Waals surface area contributed by atoms with Crippen molar-refractivity contribution in [3.8, 4) is 5.75 Å². The fourth-order valence-electron chi connectivity index (χ4n) is 3.55. The highest BCUT2D eigenvalue weighted by atomic mass is 127. The molecule has 1 aliphatic carbocycles. The van der Waals surface area contributed by atoms with Gasteiger partial charge in [0.25, 0.3) is 0 Å². The number of para-hydroxylation sites is 1. The van der Waals surface area contributed by atoms with Gasteiger partial charge in [0.2, 0.25) is 11.8 Å². The average Bonchev–Trinajstić information content (AvgIpc) is 2.75. The van der Waals surface area contributed by atoms with Crippen LogP contribution < -0.4 is 10.1 Å². The maximum atomic E-state index is 12.9. The van der Waals surface area contributed by atoms with Crippen LogP contribution in [0.15, 0.2) is 35.9 Å². The lowest BCUT2D eigenvalue weighted by Gasteiger charge is -2.40. The molecule has 3 atom stereocenters. The molecule has 0 saturated heterocycles. The fraction of sp³-hybridized carbons (Fsp3) is 0.565. The molecule has 8 nitrogen and oxygen atoms in total. The number of hydrogen-bond donors (Lipinski definition) is 3. The summed E-state index contributed by atoms with van der Waals surface area (Å²) in [5, 5.41) is 22.9. The lowest BCUT2D eigenvalue weighted by molar-refractivity contribution is -0.142. The summed E-state index contributed by atoms with van der Waals surface area (Å²) >= 11 is 2.15. The predicted octanol–water partition coefficient (Wildman–Crippen LogP) is 1.73. The van der Waals surface area contributed by atoms with Crippen LogP contribution in [0.25, 0.3) is 0 Å². The van der Waals surface area contributed by atoms with Crippen molar-refractivity contribution in [3.05, 3.63) is 39.5 Å². The van der Waals surface area contributed by atoms with Crippen LogP contribution in [0.3, 0.4) is 0 Å². The second-order valence-corrected chi connectivity index (χ2v) is 9.31. The topological polar surface area (TPSA) is 108 Å². The van der Waals surface area contributed by atoms with E-state index >= 15 is 0 Å². The zero-order valence-corrected chi connectivity index (χ0v) is 20.9. The normalized spacial score (nSPS) is 20.6. The Morgan fingerprint density at radius 2 is 2.03 bits per heavy atom. The number of halogens is 1. The van der Waals surface area contributed by atoms with E-state index in [0.717, 1.165) is 9.99 Å². The summed E-state index contributed by atoms with van der Waals surface area (Å²) in [6.45, 7) is 4.38. The summed E-state index contributed by atoms with van der Waals surface area (Å²) in [4.78, 5) is 27.2. The standard InChI is InChI=1S/C23H33IN2O6/c1-15(2)8-10-26(21(28)14-31-3)18-12-16(23(30)25-9-11-27)13-20(22(18)29)32-19-7-5-4-6-17(19)24/h4-7,13,15,18,20,22,27,29H,8-12,14H2,1-3H3,(H,25,30)/t18-,20+,22+/m1/s1. The molecule has 178 valence electrons. The van der Waals surface area contributed by atoms with E-state index in [0.29, 0.717) is 23.8 Å². The summed E-state index contributed by atoms with van der Waals surface area (Å²) in [6.07, 6.45) is 0.678. The molecule has 3 N–H and O–H groups in total. The molecule has 0 aromatic heterocycles. The van der Waals surface area contributed by atoms with E-state index in [1.165, 1.54) is 7.11 Å². The van der Waals surface area contributed by atoms with E-state index in [-0.39, 0.29) is 38.0 Å². The second-order valence-electron chi connectivity index (χ2n) is 8.15. The van der Waals surface area contributed by atoms with Crippen molar-refractivity contribution in [3.63, 3.8) is 0 Å². The molecule has 2 rings (SSSR count). The van der Waals surface area contributed by atoms with E-state index in [2.05, 4.69) is 41.8 Å². The first kappa shape index (κ1) is 26.6. The number of benzene rings is 1. The Hall–Kier alpha value is -1.69. The fourth-order valence-corrected chi connectivity index (χ4v) is 4.06. The highest BCUT2D eigenvalue weighted by molar-refractivity contribution is 14.1. The van der Waals surface area contributed by atoms with Crippen LogP contribution in [-0.4, -0.2) is 78.6 Å². The van der Waals surface area contributed by atoms with Crippen molar-refractivity contribution in [2.45, 2.75) is 44.9 Å². The second kappa shape index (κ2) is 13.1. The molecule has 9 heteroatoms. The molecule has 0 spiro atoms. The molecule has 1 aromatic carbocycles. The molecule has 0 aliphatic heterocycles. The summed E-state index contributed by atoms with van der Waals surface area (Å²) < 4.78 is 12.0. The highest BCUT2D eigenvalue weighted by Crippen LogP contribution is 2.30. The number of methoxy groups -OCH3 is 1. The molecule has 1 aromatic rings. The minimum absolute atomic E-state index is 0.112. The molecule has 0 heterocycles. The van der Waals surface area contributed by atoms with Gasteiger partial charge in [-0.25, -0.2) is 0 Å². The number of nitrogens with one attached hydrogen (secondary N) is 1. The number of hydrogen-bond acceptors (Lipinski definition) is 6. The van der Waals surface area contributed by atoms with Gasteiger partial charge in [-0.3, -0.25) is 9.59 Å². The largest absolute Gasteiger partial charge is 0.482 e. The molecule has 0 fully saturated rings. The maximum Gasteiger partial charge on any atom is 0.248 e. The Bertz CT molecular complexity index is 800. The van der Waals surface area contributed by atoms with E-state index in [4.69, 9.17) is 14.6 Å². The Morgan fingerprint density at radius 1 is 1.31 bits per heavy atom. The van der Waals surface area contributed by atoms with Crippen LogP contribution in [0.4, 0.5) is 0 Å². The molecular formula is C23H33IN2O6. The van der Waals surface area contributed by atoms with Crippen molar-refractivity contribution >= 4 is 34.4 Å². The summed E-state index contributed by atoms with van der Waals surface area (Å²) in [5.41, 5.74) is 0.407. The zero-order chi connectivity index (χ0) is 23.7. The quantitative estimate of drug-likeness (QED) is 0.356. The van der Waals surface area contributed by atoms with Crippen LogP contribution >= 0.6 is 22.6 Å². The average molecular weight is 560 g/mol. The number of rotatable bonds is 11. The lowest BCUT2D eigenvalue weighted by Crippen LogP contribution is -2.56. The summed E-state index contributed by atoms with van der Waals surface area (Å²) in [5.74, 6) is 0.341. The first-order valence-electron chi connectivity index (χ1n) is 10.8. The number of amides is 2. The van der Waals surface area contributed by atoms with Gasteiger partial charge in [-0.15, -0.1) is 0 Å². The number of carbonyl (C=O) groups is 2. The molecular weight excluding hydrogens is 527 g/mol. The summed E-state index contributed by atoms with van der Waals surface area (Å²) in [7, 11) is 1.45. The van der Waals surface area contributed by atoms with Gasteiger partial charge in [0.1, 0.15) is 24.6 Å². The number of aliphatic hydroxyl groups is 2. The van der Waals surface area contributed by atoms with Crippen molar-refractivity contribution in [1.29, 1.82) is 0 Å². The van der Waals surface area contributed by atoms with Crippen LogP contribution in [0, 0.1) is 9.49 Å². The van der Waals surface area contributed by atoms with Gasteiger partial charge in [0, 0.05) is 32.2 Å². The third-order valence-corrected chi connectivity index (χ3v) is 6.14. The van der Waals surface area contributed by atoms with E-state index < -0.39 is 18.2 Å². The van der Waals surface area contributed by atoms with Crippen molar-refractivity contribution in [1.82, 2.24) is 10.2 Å². The van der Waals surface area contributed by atoms with Crippen molar-refractivity contribution in [2.75, 3.05) is 33.4 Å². The van der Waals surface area contributed by atoms with Crippen LogP contribution in [0.2, 0.25) is 0 Å². The van der Waals surface area contributed by atoms with Gasteiger partial charge in [-0.1, -0.05) is 26.0 Å². The Morgan fingerprint density at radius 3 is 2.66 bits per heavy atom. The van der Waals surface area contributed by atoms with Gasteiger partial charge < -0.3 is 29.9 Å². The molecule has 0 bridgehead atoms. The Kier molecular flexibility index (Phi) is 10.9. The molecule has 2 amide bonds. The smallest absolute Gasteiger partial charge is 0.248 e. The van der Waals surface area contributed by atoms with Crippen molar-refractivity contribution in [2.24, 2.45) is 5.92 Å². The molecule has 0 saturated carbocycles. The molecule has 32 heavy (non-hydrogen) atoms. The van der Waals surface area contributed by atoms with Gasteiger partial charge in [-0.2, -0.15) is 0 Å². The third kappa shape index (κ3) is 7.43. The van der Waals surface area contributed by atoms with Crippen LogP contribution in [0.5, 0.6) is 5.75 Å². The van der Waals surface area contributed by atoms with Gasteiger partial charge >= 0.3 is 0 Å². The SMILES string of the molecule is COCC(=O)N(CCC(C)C)[C@@H]1CC(C(=O)NCCO)=C[C@H](Oc2ccccc2I)[C@H]1O. The first-order valence-corrected chi connectivity index (χ1v) is 11.8. The molecule has 0 radical (unpaired) electrons. The van der Waals surface area contributed by atoms with E-state index in [1.807, 2.05) is 18.2 Å². The summed E-state index contributed by atoms with van der Waals surface area (Å²) in [6, 6.07) is 6.75. The van der Waals surface area contributed by atoms with E-state index in [1.54, 1.807) is 17.0 Å². The Labute approximate surface area is 203 Å². The monoisotopic (exact) mass is 560 g/mol. The minimum Gasteiger partial charge on any atom is -0.482 e. The van der Waals surface area contributed by atoms with Crippen LogP contribution in [0.1, 0.15) is 26.7 Å². The first-order chi connectivity index (χ1) is 15.3. The number of aliphatic hydroxyl groups excluding tert-OH is 2.